The average molecular weight is 569 g/mol. The van der Waals surface area contributed by atoms with Crippen molar-refractivity contribution in [2.45, 2.75) is 6.42 Å². The highest BCUT2D eigenvalue weighted by Gasteiger charge is 2.14. The lowest BCUT2D eigenvalue weighted by Gasteiger charge is -2.00. The summed E-state index contributed by atoms with van der Waals surface area (Å²) in [6, 6.07) is 21.2. The minimum Gasteiger partial charge on any atom is -0.457 e. The van der Waals surface area contributed by atoms with Crippen LogP contribution in [0.5, 0.6) is 0 Å². The lowest BCUT2D eigenvalue weighted by atomic mass is 10.1. The van der Waals surface area contributed by atoms with E-state index in [1.165, 1.54) is 17.4 Å². The van der Waals surface area contributed by atoms with Crippen LogP contribution in [-0.4, -0.2) is 10.9 Å². The fourth-order valence-corrected chi connectivity index (χ4v) is 4.28. The summed E-state index contributed by atoms with van der Waals surface area (Å²) < 4.78 is 7.78. The highest BCUT2D eigenvalue weighted by atomic mass is 79.9. The van der Waals surface area contributed by atoms with Gasteiger partial charge in [0.05, 0.1) is 0 Å². The number of halogens is 2. The van der Waals surface area contributed by atoms with E-state index >= 15 is 0 Å². The molecule has 8 heteroatoms. The average Bonchev–Trinajstić information content (AvgIpc) is 3.43. The lowest BCUT2D eigenvalue weighted by Crippen LogP contribution is -2.13. The van der Waals surface area contributed by atoms with E-state index in [1.54, 1.807) is 18.3 Å². The third-order valence-electron chi connectivity index (χ3n) is 4.47. The van der Waals surface area contributed by atoms with Crippen molar-refractivity contribution in [1.82, 2.24) is 4.98 Å². The highest BCUT2D eigenvalue weighted by Crippen LogP contribution is 2.26. The summed E-state index contributed by atoms with van der Waals surface area (Å²) in [7, 11) is 0. The molecule has 0 saturated heterocycles. The Hall–Kier alpha value is -2.99. The maximum atomic E-state index is 12.6. The summed E-state index contributed by atoms with van der Waals surface area (Å²) in [6.45, 7) is 0. The zero-order chi connectivity index (χ0) is 22.5. The van der Waals surface area contributed by atoms with E-state index in [-0.39, 0.29) is 5.57 Å². The van der Waals surface area contributed by atoms with E-state index in [9.17, 15) is 10.1 Å². The van der Waals surface area contributed by atoms with Crippen LogP contribution in [0.15, 0.2) is 85.8 Å². The number of thiazole rings is 1. The number of nitriles is 1. The summed E-state index contributed by atoms with van der Waals surface area (Å²) in [5.41, 5.74) is 1.98. The highest BCUT2D eigenvalue weighted by molar-refractivity contribution is 9.10. The molecule has 0 spiro atoms. The van der Waals surface area contributed by atoms with Gasteiger partial charge in [-0.1, -0.05) is 56.1 Å². The first kappa shape index (κ1) is 22.2. The number of hydrogen-bond donors (Lipinski definition) is 1. The van der Waals surface area contributed by atoms with Gasteiger partial charge >= 0.3 is 0 Å². The minimum absolute atomic E-state index is 0.0636. The summed E-state index contributed by atoms with van der Waals surface area (Å²) in [6.07, 6.45) is 3.87. The molecule has 32 heavy (non-hydrogen) atoms. The first-order chi connectivity index (χ1) is 15.5. The molecule has 0 saturated carbocycles. The van der Waals surface area contributed by atoms with E-state index in [1.807, 2.05) is 54.6 Å². The molecular formula is C24H15Br2N3O2S. The molecule has 0 aliphatic carbocycles. The minimum atomic E-state index is -0.529. The van der Waals surface area contributed by atoms with Gasteiger partial charge < -0.3 is 4.42 Å². The number of benzene rings is 2. The van der Waals surface area contributed by atoms with Crippen LogP contribution in [-0.2, 0) is 11.2 Å². The molecule has 0 bridgehead atoms. The molecule has 1 N–H and O–H groups in total. The van der Waals surface area contributed by atoms with Crippen LogP contribution in [0.3, 0.4) is 0 Å². The van der Waals surface area contributed by atoms with E-state index in [0.29, 0.717) is 23.1 Å². The van der Waals surface area contributed by atoms with Crippen LogP contribution < -0.4 is 5.32 Å². The predicted octanol–water partition coefficient (Wildman–Crippen LogP) is 7.06. The van der Waals surface area contributed by atoms with E-state index in [4.69, 9.17) is 4.42 Å². The fourth-order valence-electron chi connectivity index (χ4n) is 2.91. The summed E-state index contributed by atoms with van der Waals surface area (Å²) in [5, 5.41) is 12.6. The van der Waals surface area contributed by atoms with Gasteiger partial charge in [-0.15, -0.1) is 11.3 Å². The molecular weight excluding hydrogens is 554 g/mol. The number of carbonyl (C=O) groups excluding carboxylic acids is 1. The van der Waals surface area contributed by atoms with Crippen molar-refractivity contribution < 1.29 is 9.21 Å². The van der Waals surface area contributed by atoms with Crippen molar-refractivity contribution >= 4 is 60.3 Å². The SMILES string of the molecule is N#C/C(=C\c1ccc(-c2ccc(Br)cc2)o1)C(=O)Nc1ncc(Cc2ccc(Br)cc2)s1. The maximum absolute atomic E-state index is 12.6. The molecule has 0 aliphatic rings. The Morgan fingerprint density at radius 2 is 1.75 bits per heavy atom. The summed E-state index contributed by atoms with van der Waals surface area (Å²) in [4.78, 5) is 17.8. The van der Waals surface area contributed by atoms with Gasteiger partial charge in [0.15, 0.2) is 5.13 Å². The number of rotatable bonds is 6. The van der Waals surface area contributed by atoms with Gasteiger partial charge in [-0.05, 0) is 42.0 Å². The molecule has 4 rings (SSSR count). The Kier molecular flexibility index (Phi) is 7.00. The quantitative estimate of drug-likeness (QED) is 0.199. The van der Waals surface area contributed by atoms with Crippen molar-refractivity contribution in [3.63, 3.8) is 0 Å². The largest absolute Gasteiger partial charge is 0.457 e. The van der Waals surface area contributed by atoms with Gasteiger partial charge in [0.2, 0.25) is 0 Å². The Morgan fingerprint density at radius 3 is 2.44 bits per heavy atom. The topological polar surface area (TPSA) is 78.9 Å². The Morgan fingerprint density at radius 1 is 1.06 bits per heavy atom. The molecule has 2 heterocycles. The molecule has 0 aliphatic heterocycles. The normalized spacial score (nSPS) is 11.2. The number of hydrogen-bond acceptors (Lipinski definition) is 5. The Balaban J connectivity index is 1.44. The van der Waals surface area contributed by atoms with E-state index in [0.717, 1.165) is 24.9 Å². The van der Waals surface area contributed by atoms with Crippen LogP contribution in [0.4, 0.5) is 5.13 Å². The van der Waals surface area contributed by atoms with Gasteiger partial charge in [-0.3, -0.25) is 10.1 Å². The third-order valence-corrected chi connectivity index (χ3v) is 6.44. The second-order valence-electron chi connectivity index (χ2n) is 6.77. The molecule has 0 fully saturated rings. The zero-order valence-electron chi connectivity index (χ0n) is 16.5. The van der Waals surface area contributed by atoms with Gasteiger partial charge in [0.1, 0.15) is 23.2 Å². The van der Waals surface area contributed by atoms with Crippen LogP contribution in [0.25, 0.3) is 17.4 Å². The zero-order valence-corrected chi connectivity index (χ0v) is 20.5. The monoisotopic (exact) mass is 567 g/mol. The second-order valence-corrected chi connectivity index (χ2v) is 9.71. The number of aromatic nitrogens is 1. The van der Waals surface area contributed by atoms with Crippen LogP contribution in [0.1, 0.15) is 16.2 Å². The predicted molar refractivity (Wildman–Crippen MR) is 133 cm³/mol. The van der Waals surface area contributed by atoms with Crippen molar-refractivity contribution in [2.24, 2.45) is 0 Å². The number of nitrogens with one attached hydrogen (secondary N) is 1. The van der Waals surface area contributed by atoms with Crippen molar-refractivity contribution in [1.29, 1.82) is 5.26 Å². The molecule has 0 atom stereocenters. The third kappa shape index (κ3) is 5.62. The van der Waals surface area contributed by atoms with Crippen molar-refractivity contribution in [2.75, 3.05) is 5.32 Å². The second kappa shape index (κ2) is 10.1. The first-order valence-corrected chi connectivity index (χ1v) is 11.9. The van der Waals surface area contributed by atoms with Crippen LogP contribution in [0.2, 0.25) is 0 Å². The molecule has 0 radical (unpaired) electrons. The fraction of sp³-hybridized carbons (Fsp3) is 0.0417. The number of furan rings is 1. The standard InChI is InChI=1S/C24H15Br2N3O2S/c25-18-5-1-15(2-6-18)11-21-14-28-24(32-21)29-23(30)17(13-27)12-20-9-10-22(31-20)16-3-7-19(26)8-4-16/h1-10,12,14H,11H2,(H,28,29,30)/b17-12+. The van der Waals surface area contributed by atoms with Crippen LogP contribution >= 0.6 is 43.2 Å². The molecule has 1 amide bonds. The Labute approximate surface area is 205 Å². The van der Waals surface area contributed by atoms with Gasteiger partial charge in [-0.25, -0.2) is 4.98 Å². The molecule has 2 aromatic heterocycles. The van der Waals surface area contributed by atoms with Gasteiger partial charge in [-0.2, -0.15) is 5.26 Å². The Bertz CT molecular complexity index is 1320. The van der Waals surface area contributed by atoms with Crippen molar-refractivity contribution in [3.8, 4) is 17.4 Å². The van der Waals surface area contributed by atoms with E-state index < -0.39 is 5.91 Å². The molecule has 4 aromatic rings. The molecule has 0 unspecified atom stereocenters. The number of anilines is 1. The van der Waals surface area contributed by atoms with Crippen molar-refractivity contribution in [3.05, 3.63) is 97.6 Å². The summed E-state index contributed by atoms with van der Waals surface area (Å²) in [5.74, 6) is 0.544. The van der Waals surface area contributed by atoms with E-state index in [2.05, 4.69) is 42.2 Å². The van der Waals surface area contributed by atoms with Crippen LogP contribution in [0, 0.1) is 11.3 Å². The first-order valence-electron chi connectivity index (χ1n) is 9.48. The van der Waals surface area contributed by atoms with Gasteiger partial charge in [0, 0.05) is 38.1 Å². The number of nitrogens with zero attached hydrogens (tertiary/aromatic N) is 2. The number of carbonyl (C=O) groups is 1. The maximum Gasteiger partial charge on any atom is 0.268 e. The van der Waals surface area contributed by atoms with Gasteiger partial charge in [0.25, 0.3) is 5.91 Å². The number of amides is 1. The molecule has 2 aromatic carbocycles. The smallest absolute Gasteiger partial charge is 0.268 e. The lowest BCUT2D eigenvalue weighted by molar-refractivity contribution is -0.112. The molecule has 158 valence electrons. The summed E-state index contributed by atoms with van der Waals surface area (Å²) >= 11 is 8.20. The molecule has 5 nitrogen and oxygen atoms in total.